The number of nitrogens with zero attached hydrogens (tertiary/aromatic N) is 2. The fraction of sp³-hybridized carbons (Fsp3) is 0.667. The van der Waals surface area contributed by atoms with Gasteiger partial charge in [-0.15, -0.1) is 0 Å². The second-order valence-electron chi connectivity index (χ2n) is 3.27. The topological polar surface area (TPSA) is 62.7 Å². The Morgan fingerprint density at radius 3 is 3.00 bits per heavy atom. The summed E-state index contributed by atoms with van der Waals surface area (Å²) in [6, 6.07) is 0. The SMILES string of the molecule is CCCc1n[nH]c(=S)n1CCC(=O)NC. The number of aryl methyl sites for hydroxylation is 1. The van der Waals surface area contributed by atoms with E-state index in [-0.39, 0.29) is 5.91 Å². The highest BCUT2D eigenvalue weighted by Gasteiger charge is 2.06. The van der Waals surface area contributed by atoms with Crippen LogP contribution in [0.1, 0.15) is 25.6 Å². The van der Waals surface area contributed by atoms with Gasteiger partial charge in [-0.05, 0) is 18.6 Å². The second-order valence-corrected chi connectivity index (χ2v) is 3.66. The van der Waals surface area contributed by atoms with Gasteiger partial charge >= 0.3 is 0 Å². The van der Waals surface area contributed by atoms with Crippen LogP contribution < -0.4 is 5.32 Å². The van der Waals surface area contributed by atoms with E-state index in [0.29, 0.717) is 17.7 Å². The molecule has 1 rings (SSSR count). The molecule has 0 saturated carbocycles. The van der Waals surface area contributed by atoms with Gasteiger partial charge in [0.15, 0.2) is 4.77 Å². The quantitative estimate of drug-likeness (QED) is 0.740. The summed E-state index contributed by atoms with van der Waals surface area (Å²) in [7, 11) is 1.63. The van der Waals surface area contributed by atoms with Crippen LogP contribution in [0.5, 0.6) is 0 Å². The average Bonchev–Trinajstić information content (AvgIpc) is 2.57. The van der Waals surface area contributed by atoms with Crippen LogP contribution in [0.25, 0.3) is 0 Å². The fourth-order valence-electron chi connectivity index (χ4n) is 1.33. The Morgan fingerprint density at radius 1 is 1.67 bits per heavy atom. The molecule has 5 nitrogen and oxygen atoms in total. The Kier molecular flexibility index (Phi) is 4.48. The van der Waals surface area contributed by atoms with E-state index in [1.54, 1.807) is 7.05 Å². The van der Waals surface area contributed by atoms with Crippen LogP contribution >= 0.6 is 12.2 Å². The molecule has 0 unspecified atom stereocenters. The van der Waals surface area contributed by atoms with E-state index in [2.05, 4.69) is 22.4 Å². The highest BCUT2D eigenvalue weighted by Crippen LogP contribution is 2.02. The van der Waals surface area contributed by atoms with Crippen molar-refractivity contribution >= 4 is 18.1 Å². The van der Waals surface area contributed by atoms with E-state index in [0.717, 1.165) is 18.7 Å². The molecule has 0 aliphatic rings. The molecule has 0 aliphatic heterocycles. The van der Waals surface area contributed by atoms with Gasteiger partial charge in [0, 0.05) is 26.4 Å². The van der Waals surface area contributed by atoms with Crippen LogP contribution in [0.2, 0.25) is 0 Å². The molecule has 1 amide bonds. The monoisotopic (exact) mass is 228 g/mol. The third kappa shape index (κ3) is 3.16. The molecule has 0 radical (unpaired) electrons. The summed E-state index contributed by atoms with van der Waals surface area (Å²) in [5.41, 5.74) is 0. The third-order valence-corrected chi connectivity index (χ3v) is 2.46. The van der Waals surface area contributed by atoms with Gasteiger partial charge in [0.05, 0.1) is 0 Å². The van der Waals surface area contributed by atoms with Crippen molar-refractivity contribution in [1.82, 2.24) is 20.1 Å². The van der Waals surface area contributed by atoms with E-state index in [4.69, 9.17) is 12.2 Å². The van der Waals surface area contributed by atoms with Crippen LogP contribution in [-0.2, 0) is 17.8 Å². The first-order chi connectivity index (χ1) is 7.19. The zero-order chi connectivity index (χ0) is 11.3. The average molecular weight is 228 g/mol. The van der Waals surface area contributed by atoms with Crippen molar-refractivity contribution in [3.63, 3.8) is 0 Å². The number of aromatic nitrogens is 3. The largest absolute Gasteiger partial charge is 0.359 e. The minimum Gasteiger partial charge on any atom is -0.359 e. The number of H-pyrrole nitrogens is 1. The molecule has 1 aromatic heterocycles. The number of rotatable bonds is 5. The second kappa shape index (κ2) is 5.65. The summed E-state index contributed by atoms with van der Waals surface area (Å²) in [5, 5.41) is 9.45. The maximum atomic E-state index is 11.1. The van der Waals surface area contributed by atoms with Gasteiger partial charge in [-0.3, -0.25) is 9.89 Å². The highest BCUT2D eigenvalue weighted by molar-refractivity contribution is 7.71. The summed E-state index contributed by atoms with van der Waals surface area (Å²) < 4.78 is 2.47. The lowest BCUT2D eigenvalue weighted by molar-refractivity contribution is -0.120. The molecule has 0 saturated heterocycles. The summed E-state index contributed by atoms with van der Waals surface area (Å²) in [4.78, 5) is 11.1. The van der Waals surface area contributed by atoms with Crippen LogP contribution in [0.3, 0.4) is 0 Å². The lowest BCUT2D eigenvalue weighted by atomic mass is 10.3. The number of aromatic amines is 1. The molecule has 1 heterocycles. The number of nitrogens with one attached hydrogen (secondary N) is 2. The predicted molar refractivity (Wildman–Crippen MR) is 60.1 cm³/mol. The maximum absolute atomic E-state index is 11.1. The summed E-state index contributed by atoms with van der Waals surface area (Å²) in [6.45, 7) is 2.67. The van der Waals surface area contributed by atoms with Crippen molar-refractivity contribution in [2.45, 2.75) is 32.7 Å². The first-order valence-electron chi connectivity index (χ1n) is 5.03. The molecule has 0 atom stereocenters. The molecule has 0 spiro atoms. The first kappa shape index (κ1) is 11.9. The van der Waals surface area contributed by atoms with E-state index in [9.17, 15) is 4.79 Å². The minimum atomic E-state index is 0.0144. The Balaban J connectivity index is 2.70. The van der Waals surface area contributed by atoms with Crippen molar-refractivity contribution in [3.8, 4) is 0 Å². The maximum Gasteiger partial charge on any atom is 0.221 e. The number of amides is 1. The molecular weight excluding hydrogens is 212 g/mol. The summed E-state index contributed by atoms with van der Waals surface area (Å²) in [5.74, 6) is 0.937. The van der Waals surface area contributed by atoms with Crippen molar-refractivity contribution in [1.29, 1.82) is 0 Å². The molecule has 84 valence electrons. The Morgan fingerprint density at radius 2 is 2.40 bits per heavy atom. The van der Waals surface area contributed by atoms with Crippen molar-refractivity contribution in [3.05, 3.63) is 10.6 Å². The van der Waals surface area contributed by atoms with E-state index >= 15 is 0 Å². The first-order valence-corrected chi connectivity index (χ1v) is 5.44. The van der Waals surface area contributed by atoms with Crippen LogP contribution in [0.4, 0.5) is 0 Å². The van der Waals surface area contributed by atoms with E-state index in [1.165, 1.54) is 0 Å². The normalized spacial score (nSPS) is 10.3. The fourth-order valence-corrected chi connectivity index (χ4v) is 1.58. The zero-order valence-corrected chi connectivity index (χ0v) is 9.86. The predicted octanol–water partition coefficient (Wildman–Crippen LogP) is 1.03. The molecule has 0 bridgehead atoms. The van der Waals surface area contributed by atoms with Gasteiger partial charge in [0.25, 0.3) is 0 Å². The summed E-state index contributed by atoms with van der Waals surface area (Å²) in [6.07, 6.45) is 2.32. The lowest BCUT2D eigenvalue weighted by Crippen LogP contribution is -2.20. The smallest absolute Gasteiger partial charge is 0.221 e. The van der Waals surface area contributed by atoms with Gasteiger partial charge in [0.1, 0.15) is 5.82 Å². The van der Waals surface area contributed by atoms with Gasteiger partial charge < -0.3 is 9.88 Å². The molecule has 0 fully saturated rings. The van der Waals surface area contributed by atoms with Gasteiger partial charge in [-0.1, -0.05) is 6.92 Å². The Hall–Kier alpha value is -1.17. The molecule has 2 N–H and O–H groups in total. The molecule has 1 aromatic rings. The van der Waals surface area contributed by atoms with Gasteiger partial charge in [0.2, 0.25) is 5.91 Å². The highest BCUT2D eigenvalue weighted by atomic mass is 32.1. The number of hydrogen-bond acceptors (Lipinski definition) is 3. The third-order valence-electron chi connectivity index (χ3n) is 2.15. The molecule has 6 heteroatoms. The lowest BCUT2D eigenvalue weighted by Gasteiger charge is -2.04. The van der Waals surface area contributed by atoms with Crippen molar-refractivity contribution in [2.24, 2.45) is 0 Å². The molecule has 0 aliphatic carbocycles. The van der Waals surface area contributed by atoms with E-state index in [1.807, 2.05) is 4.57 Å². The van der Waals surface area contributed by atoms with Gasteiger partial charge in [-0.2, -0.15) is 5.10 Å². The number of hydrogen-bond donors (Lipinski definition) is 2. The van der Waals surface area contributed by atoms with Crippen molar-refractivity contribution in [2.75, 3.05) is 7.05 Å². The molecule has 15 heavy (non-hydrogen) atoms. The Labute approximate surface area is 93.9 Å². The van der Waals surface area contributed by atoms with Crippen LogP contribution in [-0.4, -0.2) is 27.7 Å². The zero-order valence-electron chi connectivity index (χ0n) is 9.04. The number of carbonyl (C=O) groups excluding carboxylic acids is 1. The van der Waals surface area contributed by atoms with Gasteiger partial charge in [-0.25, -0.2) is 0 Å². The van der Waals surface area contributed by atoms with Crippen molar-refractivity contribution < 1.29 is 4.79 Å². The van der Waals surface area contributed by atoms with E-state index < -0.39 is 0 Å². The summed E-state index contributed by atoms with van der Waals surface area (Å²) >= 11 is 5.09. The number of carbonyl (C=O) groups is 1. The van der Waals surface area contributed by atoms with Crippen LogP contribution in [0.15, 0.2) is 0 Å². The standard InChI is InChI=1S/C9H16N4OS/c1-3-4-7-11-12-9(15)13(7)6-5-8(14)10-2/h3-6H2,1-2H3,(H,10,14)(H,12,15). The minimum absolute atomic E-state index is 0.0144. The molecule has 0 aromatic carbocycles. The van der Waals surface area contributed by atoms with Crippen LogP contribution in [0, 0.1) is 4.77 Å². The Bertz CT molecular complexity index is 382. The molecular formula is C9H16N4OS.